The van der Waals surface area contributed by atoms with Gasteiger partial charge in [-0.2, -0.15) is 0 Å². The highest BCUT2D eigenvalue weighted by Crippen LogP contribution is 2.31. The predicted molar refractivity (Wildman–Crippen MR) is 90.4 cm³/mol. The zero-order valence-corrected chi connectivity index (χ0v) is 14.2. The number of anilines is 1. The van der Waals surface area contributed by atoms with Crippen LogP contribution in [0.4, 0.5) is 5.69 Å². The summed E-state index contributed by atoms with van der Waals surface area (Å²) in [6.45, 7) is 5.35. The van der Waals surface area contributed by atoms with Crippen LogP contribution in [-0.2, 0) is 6.54 Å². The molecule has 0 radical (unpaired) electrons. The molecule has 3 nitrogen and oxygen atoms in total. The van der Waals surface area contributed by atoms with E-state index in [1.54, 1.807) is 7.11 Å². The van der Waals surface area contributed by atoms with Gasteiger partial charge in [-0.3, -0.25) is 0 Å². The summed E-state index contributed by atoms with van der Waals surface area (Å²) in [6, 6.07) is 12.2. The van der Waals surface area contributed by atoms with Crippen LogP contribution in [0.1, 0.15) is 18.1 Å². The first kappa shape index (κ1) is 15.7. The zero-order chi connectivity index (χ0) is 15.2. The highest BCUT2D eigenvalue weighted by Gasteiger charge is 2.09. The van der Waals surface area contributed by atoms with Gasteiger partial charge in [0, 0.05) is 22.3 Å². The van der Waals surface area contributed by atoms with Gasteiger partial charge < -0.3 is 14.8 Å². The fourth-order valence-corrected chi connectivity index (χ4v) is 2.84. The number of nitrogens with one attached hydrogen (secondary N) is 1. The fraction of sp³-hybridized carbons (Fsp3) is 0.294. The number of hydrogen-bond donors (Lipinski definition) is 1. The van der Waals surface area contributed by atoms with Crippen LogP contribution in [0, 0.1) is 6.92 Å². The number of hydrogen-bond acceptors (Lipinski definition) is 3. The van der Waals surface area contributed by atoms with Crippen molar-refractivity contribution in [1.82, 2.24) is 0 Å². The van der Waals surface area contributed by atoms with E-state index in [2.05, 4.69) is 46.4 Å². The molecular weight excluding hydrogens is 330 g/mol. The molecule has 21 heavy (non-hydrogen) atoms. The molecule has 0 unspecified atom stereocenters. The van der Waals surface area contributed by atoms with Gasteiger partial charge in [-0.15, -0.1) is 0 Å². The van der Waals surface area contributed by atoms with Crippen LogP contribution >= 0.6 is 15.9 Å². The van der Waals surface area contributed by atoms with Crippen molar-refractivity contribution in [2.45, 2.75) is 20.4 Å². The normalized spacial score (nSPS) is 10.3. The maximum Gasteiger partial charge on any atom is 0.165 e. The van der Waals surface area contributed by atoms with Crippen LogP contribution in [0.2, 0.25) is 0 Å². The van der Waals surface area contributed by atoms with E-state index in [1.165, 1.54) is 5.56 Å². The van der Waals surface area contributed by atoms with Crippen molar-refractivity contribution in [2.75, 3.05) is 19.0 Å². The van der Waals surface area contributed by atoms with Gasteiger partial charge in [0.2, 0.25) is 0 Å². The van der Waals surface area contributed by atoms with Gasteiger partial charge in [-0.25, -0.2) is 0 Å². The Balaban J connectivity index is 2.17. The van der Waals surface area contributed by atoms with E-state index in [0.717, 1.165) is 27.2 Å². The molecule has 0 aliphatic carbocycles. The number of halogens is 1. The summed E-state index contributed by atoms with van der Waals surface area (Å²) in [7, 11) is 1.67. The topological polar surface area (TPSA) is 30.5 Å². The smallest absolute Gasteiger partial charge is 0.165 e. The monoisotopic (exact) mass is 349 g/mol. The molecule has 4 heteroatoms. The molecule has 0 aliphatic rings. The van der Waals surface area contributed by atoms with Crippen molar-refractivity contribution in [1.29, 1.82) is 0 Å². The van der Waals surface area contributed by atoms with E-state index in [4.69, 9.17) is 9.47 Å². The predicted octanol–water partition coefficient (Wildman–Crippen LogP) is 4.78. The van der Waals surface area contributed by atoms with E-state index >= 15 is 0 Å². The Bertz CT molecular complexity index is 593. The van der Waals surface area contributed by atoms with Crippen molar-refractivity contribution in [3.63, 3.8) is 0 Å². The molecule has 2 rings (SSSR count). The molecule has 0 atom stereocenters. The number of benzene rings is 2. The Labute approximate surface area is 134 Å². The molecule has 0 aromatic heterocycles. The molecular formula is C17H20BrNO2. The minimum Gasteiger partial charge on any atom is -0.493 e. The first-order chi connectivity index (χ1) is 10.1. The number of para-hydroxylation sites is 1. The lowest BCUT2D eigenvalue weighted by Crippen LogP contribution is -2.04. The molecule has 0 aliphatic heterocycles. The molecule has 0 amide bonds. The van der Waals surface area contributed by atoms with Crippen molar-refractivity contribution in [2.24, 2.45) is 0 Å². The standard InChI is InChI=1S/C17H20BrNO2/c1-4-21-16-7-5-6-13(17(16)20-3)11-19-15-9-12(2)8-14(18)10-15/h5-10,19H,4,11H2,1-3H3. The lowest BCUT2D eigenvalue weighted by molar-refractivity contribution is 0.309. The second-order valence-electron chi connectivity index (χ2n) is 4.75. The van der Waals surface area contributed by atoms with Crippen molar-refractivity contribution in [3.05, 3.63) is 52.0 Å². The number of methoxy groups -OCH3 is 1. The summed E-state index contributed by atoms with van der Waals surface area (Å²) < 4.78 is 12.2. The molecule has 1 N–H and O–H groups in total. The van der Waals surface area contributed by atoms with Gasteiger partial charge in [0.15, 0.2) is 11.5 Å². The van der Waals surface area contributed by atoms with E-state index in [-0.39, 0.29) is 0 Å². The third-order valence-corrected chi connectivity index (χ3v) is 3.55. The third kappa shape index (κ3) is 4.14. The number of rotatable bonds is 6. The van der Waals surface area contributed by atoms with Gasteiger partial charge in [0.1, 0.15) is 0 Å². The third-order valence-electron chi connectivity index (χ3n) is 3.09. The van der Waals surface area contributed by atoms with E-state index in [1.807, 2.05) is 25.1 Å². The first-order valence-corrected chi connectivity index (χ1v) is 7.73. The van der Waals surface area contributed by atoms with Gasteiger partial charge in [0.05, 0.1) is 13.7 Å². The molecule has 112 valence electrons. The van der Waals surface area contributed by atoms with Crippen LogP contribution in [0.5, 0.6) is 11.5 Å². The summed E-state index contributed by atoms with van der Waals surface area (Å²) in [4.78, 5) is 0. The quantitative estimate of drug-likeness (QED) is 0.814. The largest absolute Gasteiger partial charge is 0.493 e. The molecule has 0 bridgehead atoms. The Kier molecular flexibility index (Phi) is 5.51. The molecule has 0 heterocycles. The fourth-order valence-electron chi connectivity index (χ4n) is 2.24. The summed E-state index contributed by atoms with van der Waals surface area (Å²) in [5, 5.41) is 3.42. The zero-order valence-electron chi connectivity index (χ0n) is 12.6. The SMILES string of the molecule is CCOc1cccc(CNc2cc(C)cc(Br)c2)c1OC. The minimum atomic E-state index is 0.623. The Morgan fingerprint density at radius 1 is 1.19 bits per heavy atom. The molecule has 0 spiro atoms. The lowest BCUT2D eigenvalue weighted by atomic mass is 10.1. The van der Waals surface area contributed by atoms with Crippen LogP contribution in [0.25, 0.3) is 0 Å². The van der Waals surface area contributed by atoms with Crippen LogP contribution in [0.3, 0.4) is 0 Å². The van der Waals surface area contributed by atoms with Crippen LogP contribution in [0.15, 0.2) is 40.9 Å². The summed E-state index contributed by atoms with van der Waals surface area (Å²) >= 11 is 3.51. The summed E-state index contributed by atoms with van der Waals surface area (Å²) in [5.74, 6) is 1.57. The molecule has 2 aromatic carbocycles. The number of aryl methyl sites for hydroxylation is 1. The van der Waals surface area contributed by atoms with Gasteiger partial charge >= 0.3 is 0 Å². The van der Waals surface area contributed by atoms with E-state index in [0.29, 0.717) is 13.2 Å². The summed E-state index contributed by atoms with van der Waals surface area (Å²) in [5.41, 5.74) is 3.36. The highest BCUT2D eigenvalue weighted by molar-refractivity contribution is 9.10. The van der Waals surface area contributed by atoms with Crippen molar-refractivity contribution >= 4 is 21.6 Å². The van der Waals surface area contributed by atoms with Crippen molar-refractivity contribution in [3.8, 4) is 11.5 Å². The van der Waals surface area contributed by atoms with Crippen molar-refractivity contribution < 1.29 is 9.47 Å². The molecule has 2 aromatic rings. The Hall–Kier alpha value is -1.68. The number of ether oxygens (including phenoxy) is 2. The Morgan fingerprint density at radius 2 is 2.00 bits per heavy atom. The van der Waals surface area contributed by atoms with Gasteiger partial charge in [-0.1, -0.05) is 28.1 Å². The molecule has 0 saturated heterocycles. The van der Waals surface area contributed by atoms with Gasteiger partial charge in [0.25, 0.3) is 0 Å². The van der Waals surface area contributed by atoms with Crippen LogP contribution < -0.4 is 14.8 Å². The second-order valence-corrected chi connectivity index (χ2v) is 5.67. The summed E-state index contributed by atoms with van der Waals surface area (Å²) in [6.07, 6.45) is 0. The highest BCUT2D eigenvalue weighted by atomic mass is 79.9. The van der Waals surface area contributed by atoms with Gasteiger partial charge in [-0.05, 0) is 43.7 Å². The van der Waals surface area contributed by atoms with Crippen LogP contribution in [-0.4, -0.2) is 13.7 Å². The minimum absolute atomic E-state index is 0.623. The maximum absolute atomic E-state index is 5.60. The lowest BCUT2D eigenvalue weighted by Gasteiger charge is -2.15. The Morgan fingerprint density at radius 3 is 2.67 bits per heavy atom. The van der Waals surface area contributed by atoms with E-state index in [9.17, 15) is 0 Å². The first-order valence-electron chi connectivity index (χ1n) is 6.93. The molecule has 0 saturated carbocycles. The van der Waals surface area contributed by atoms with E-state index < -0.39 is 0 Å². The second kappa shape index (κ2) is 7.36. The molecule has 0 fully saturated rings. The maximum atomic E-state index is 5.60. The average Bonchev–Trinajstić information content (AvgIpc) is 2.44. The average molecular weight is 350 g/mol.